The largest absolute Gasteiger partial charge is 0.468 e. The minimum absolute atomic E-state index is 0.798. The first-order valence-electron chi connectivity index (χ1n) is 7.89. The fraction of sp³-hybridized carbons (Fsp3) is 0.444. The zero-order valence-corrected chi connectivity index (χ0v) is 12.5. The Hall–Kier alpha value is -1.58. The van der Waals surface area contributed by atoms with Crippen LogP contribution >= 0.6 is 0 Å². The Kier molecular flexibility index (Phi) is 5.08. The first-order chi connectivity index (χ1) is 10.4. The van der Waals surface area contributed by atoms with Gasteiger partial charge in [-0.25, -0.2) is 0 Å². The third-order valence-corrected chi connectivity index (χ3v) is 4.27. The average molecular weight is 284 g/mol. The van der Waals surface area contributed by atoms with Crippen molar-refractivity contribution in [3.63, 3.8) is 0 Å². The highest BCUT2D eigenvalue weighted by atomic mass is 16.3. The number of benzene rings is 1. The molecule has 3 rings (SSSR count). The van der Waals surface area contributed by atoms with Crippen molar-refractivity contribution < 1.29 is 4.42 Å². The van der Waals surface area contributed by atoms with E-state index in [2.05, 4.69) is 40.5 Å². The Morgan fingerprint density at radius 1 is 1.05 bits per heavy atom. The maximum Gasteiger partial charge on any atom is 0.117 e. The summed E-state index contributed by atoms with van der Waals surface area (Å²) in [5, 5.41) is 3.51. The Morgan fingerprint density at radius 2 is 1.86 bits per heavy atom. The van der Waals surface area contributed by atoms with Gasteiger partial charge in [0.25, 0.3) is 0 Å². The van der Waals surface area contributed by atoms with E-state index in [0.29, 0.717) is 0 Å². The van der Waals surface area contributed by atoms with Gasteiger partial charge in [0.2, 0.25) is 0 Å². The van der Waals surface area contributed by atoms with Crippen LogP contribution in [0.2, 0.25) is 0 Å². The topological polar surface area (TPSA) is 28.4 Å². The zero-order chi connectivity index (χ0) is 14.3. The maximum absolute atomic E-state index is 5.34. The van der Waals surface area contributed by atoms with E-state index < -0.39 is 0 Å². The monoisotopic (exact) mass is 284 g/mol. The molecule has 0 atom stereocenters. The van der Waals surface area contributed by atoms with Gasteiger partial charge in [-0.2, -0.15) is 0 Å². The van der Waals surface area contributed by atoms with E-state index in [9.17, 15) is 0 Å². The molecule has 21 heavy (non-hydrogen) atoms. The average Bonchev–Trinajstić information content (AvgIpc) is 3.03. The van der Waals surface area contributed by atoms with Crippen molar-refractivity contribution in [2.75, 3.05) is 19.6 Å². The first-order valence-corrected chi connectivity index (χ1v) is 7.89. The number of likely N-dealkylation sites (tertiary alicyclic amines) is 1. The Morgan fingerprint density at radius 3 is 2.57 bits per heavy atom. The van der Waals surface area contributed by atoms with Gasteiger partial charge >= 0.3 is 0 Å². The summed E-state index contributed by atoms with van der Waals surface area (Å²) in [6.45, 7) is 5.45. The van der Waals surface area contributed by atoms with Crippen LogP contribution in [-0.4, -0.2) is 24.5 Å². The van der Waals surface area contributed by atoms with Crippen LogP contribution in [0.25, 0.3) is 0 Å². The number of hydrogen-bond donors (Lipinski definition) is 1. The number of piperidine rings is 1. The van der Waals surface area contributed by atoms with Gasteiger partial charge in [0.15, 0.2) is 0 Å². The van der Waals surface area contributed by atoms with E-state index in [1.54, 1.807) is 6.26 Å². The van der Waals surface area contributed by atoms with Gasteiger partial charge in [0.1, 0.15) is 5.76 Å². The molecule has 2 aromatic rings. The number of nitrogens with zero attached hydrogens (tertiary/aromatic N) is 1. The molecule has 1 aliphatic heterocycles. The molecule has 1 aliphatic rings. The Labute approximate surface area is 127 Å². The van der Waals surface area contributed by atoms with Crippen molar-refractivity contribution in [2.45, 2.75) is 25.9 Å². The standard InChI is InChI=1S/C18H24N2O/c1-2-5-17(6-3-1)15-20-10-8-16(9-11-20)13-19-14-18-7-4-12-21-18/h1-7,12,16,19H,8-11,13-15H2. The lowest BCUT2D eigenvalue weighted by Crippen LogP contribution is -2.36. The van der Waals surface area contributed by atoms with E-state index in [0.717, 1.165) is 31.3 Å². The molecule has 1 N–H and O–H groups in total. The number of rotatable bonds is 6. The summed E-state index contributed by atoms with van der Waals surface area (Å²) in [6.07, 6.45) is 4.31. The van der Waals surface area contributed by atoms with Crippen molar-refractivity contribution in [3.05, 3.63) is 60.1 Å². The van der Waals surface area contributed by atoms with E-state index >= 15 is 0 Å². The van der Waals surface area contributed by atoms with Crippen LogP contribution in [0.4, 0.5) is 0 Å². The highest BCUT2D eigenvalue weighted by Gasteiger charge is 2.18. The molecule has 1 aromatic heterocycles. The molecule has 0 bridgehead atoms. The summed E-state index contributed by atoms with van der Waals surface area (Å²) < 4.78 is 5.34. The van der Waals surface area contributed by atoms with Gasteiger partial charge in [-0.05, 0) is 56.1 Å². The lowest BCUT2D eigenvalue weighted by atomic mass is 9.96. The van der Waals surface area contributed by atoms with Crippen molar-refractivity contribution in [1.82, 2.24) is 10.2 Å². The molecule has 0 radical (unpaired) electrons. The minimum atomic E-state index is 0.798. The molecule has 0 amide bonds. The van der Waals surface area contributed by atoms with Crippen LogP contribution in [0.3, 0.4) is 0 Å². The summed E-state index contributed by atoms with van der Waals surface area (Å²) in [7, 11) is 0. The van der Waals surface area contributed by atoms with Crippen LogP contribution in [0.1, 0.15) is 24.2 Å². The summed E-state index contributed by atoms with van der Waals surface area (Å²) >= 11 is 0. The van der Waals surface area contributed by atoms with Gasteiger partial charge in [0, 0.05) is 6.54 Å². The Bertz CT molecular complexity index is 501. The van der Waals surface area contributed by atoms with Crippen molar-refractivity contribution in [2.24, 2.45) is 5.92 Å². The summed E-state index contributed by atoms with van der Waals surface area (Å²) in [6, 6.07) is 14.7. The second-order valence-electron chi connectivity index (χ2n) is 5.92. The number of hydrogen-bond acceptors (Lipinski definition) is 3. The van der Waals surface area contributed by atoms with Crippen LogP contribution in [-0.2, 0) is 13.1 Å². The Balaban J connectivity index is 1.35. The summed E-state index contributed by atoms with van der Waals surface area (Å²) in [5.74, 6) is 1.82. The lowest BCUT2D eigenvalue weighted by Gasteiger charge is -2.32. The summed E-state index contributed by atoms with van der Waals surface area (Å²) in [5.41, 5.74) is 1.42. The molecule has 112 valence electrons. The van der Waals surface area contributed by atoms with Crippen molar-refractivity contribution >= 4 is 0 Å². The van der Waals surface area contributed by atoms with Crippen LogP contribution in [0.15, 0.2) is 53.1 Å². The number of furan rings is 1. The minimum Gasteiger partial charge on any atom is -0.468 e. The smallest absolute Gasteiger partial charge is 0.117 e. The van der Waals surface area contributed by atoms with E-state index in [4.69, 9.17) is 4.42 Å². The molecule has 0 unspecified atom stereocenters. The molecular weight excluding hydrogens is 260 g/mol. The van der Waals surface area contributed by atoms with Gasteiger partial charge in [-0.3, -0.25) is 4.90 Å². The molecule has 2 heterocycles. The quantitative estimate of drug-likeness (QED) is 0.882. The van der Waals surface area contributed by atoms with Crippen LogP contribution in [0, 0.1) is 5.92 Å². The molecule has 0 aliphatic carbocycles. The molecule has 3 nitrogen and oxygen atoms in total. The predicted octanol–water partition coefficient (Wildman–Crippen LogP) is 3.28. The van der Waals surface area contributed by atoms with Crippen molar-refractivity contribution in [3.8, 4) is 0 Å². The van der Waals surface area contributed by atoms with E-state index in [1.165, 1.54) is 31.5 Å². The van der Waals surface area contributed by atoms with Gasteiger partial charge in [-0.15, -0.1) is 0 Å². The third kappa shape index (κ3) is 4.45. The first kappa shape index (κ1) is 14.4. The molecule has 1 fully saturated rings. The fourth-order valence-corrected chi connectivity index (χ4v) is 3.00. The second-order valence-corrected chi connectivity index (χ2v) is 5.92. The third-order valence-electron chi connectivity index (χ3n) is 4.27. The highest BCUT2D eigenvalue weighted by Crippen LogP contribution is 2.18. The van der Waals surface area contributed by atoms with Gasteiger partial charge < -0.3 is 9.73 Å². The molecule has 0 spiro atoms. The molecule has 3 heteroatoms. The van der Waals surface area contributed by atoms with E-state index in [-0.39, 0.29) is 0 Å². The summed E-state index contributed by atoms with van der Waals surface area (Å²) in [4.78, 5) is 2.57. The SMILES string of the molecule is c1ccc(CN2CCC(CNCc3ccco3)CC2)cc1. The molecule has 0 saturated carbocycles. The molecular formula is C18H24N2O. The van der Waals surface area contributed by atoms with E-state index in [1.807, 2.05) is 12.1 Å². The van der Waals surface area contributed by atoms with Crippen molar-refractivity contribution in [1.29, 1.82) is 0 Å². The van der Waals surface area contributed by atoms with Crippen LogP contribution in [0.5, 0.6) is 0 Å². The number of nitrogens with one attached hydrogen (secondary N) is 1. The van der Waals surface area contributed by atoms with Gasteiger partial charge in [0.05, 0.1) is 12.8 Å². The zero-order valence-electron chi connectivity index (χ0n) is 12.5. The lowest BCUT2D eigenvalue weighted by molar-refractivity contribution is 0.175. The van der Waals surface area contributed by atoms with Gasteiger partial charge in [-0.1, -0.05) is 30.3 Å². The molecule has 1 saturated heterocycles. The second kappa shape index (κ2) is 7.43. The maximum atomic E-state index is 5.34. The highest BCUT2D eigenvalue weighted by molar-refractivity contribution is 5.14. The molecule has 1 aromatic carbocycles. The fourth-order valence-electron chi connectivity index (χ4n) is 3.00. The van der Waals surface area contributed by atoms with Crippen LogP contribution < -0.4 is 5.32 Å². The normalized spacial score (nSPS) is 17.1. The predicted molar refractivity (Wildman–Crippen MR) is 84.9 cm³/mol.